The zero-order chi connectivity index (χ0) is 14.9. The molecule has 1 aromatic carbocycles. The standard InChI is InChI=1S/C17H22N2O3/c20-17-15(4-10-22-17)19-7-5-18(6-8-19)12-13-1-2-16-14(11-13)3-9-21-16/h1-2,11,15H,3-10,12H2. The monoisotopic (exact) mass is 302 g/mol. The van der Waals surface area contributed by atoms with Crippen LogP contribution in [-0.4, -0.2) is 61.2 Å². The Labute approximate surface area is 130 Å². The average molecular weight is 302 g/mol. The fourth-order valence-corrected chi connectivity index (χ4v) is 3.65. The normalized spacial score (nSPS) is 25.8. The maximum absolute atomic E-state index is 11.7. The zero-order valence-electron chi connectivity index (χ0n) is 12.8. The molecule has 0 N–H and O–H groups in total. The van der Waals surface area contributed by atoms with E-state index in [0.717, 1.165) is 57.9 Å². The van der Waals surface area contributed by atoms with Gasteiger partial charge in [0, 0.05) is 45.6 Å². The summed E-state index contributed by atoms with van der Waals surface area (Å²) in [6, 6.07) is 6.55. The van der Waals surface area contributed by atoms with E-state index in [1.807, 2.05) is 0 Å². The van der Waals surface area contributed by atoms with Gasteiger partial charge >= 0.3 is 5.97 Å². The van der Waals surface area contributed by atoms with Gasteiger partial charge in [-0.1, -0.05) is 12.1 Å². The smallest absolute Gasteiger partial charge is 0.323 e. The minimum absolute atomic E-state index is 0.000654. The number of fused-ring (bicyclic) bond motifs is 1. The molecular weight excluding hydrogens is 280 g/mol. The maximum atomic E-state index is 11.7. The molecule has 3 aliphatic heterocycles. The van der Waals surface area contributed by atoms with Crippen LogP contribution in [0.15, 0.2) is 18.2 Å². The van der Waals surface area contributed by atoms with Crippen LogP contribution < -0.4 is 4.74 Å². The molecule has 2 saturated heterocycles. The van der Waals surface area contributed by atoms with E-state index in [0.29, 0.717) is 6.61 Å². The molecule has 3 aliphatic rings. The molecule has 4 rings (SSSR count). The maximum Gasteiger partial charge on any atom is 0.323 e. The lowest BCUT2D eigenvalue weighted by molar-refractivity contribution is -0.142. The van der Waals surface area contributed by atoms with Crippen molar-refractivity contribution in [3.8, 4) is 5.75 Å². The van der Waals surface area contributed by atoms with Gasteiger partial charge in [0.15, 0.2) is 0 Å². The summed E-state index contributed by atoms with van der Waals surface area (Å²) < 4.78 is 10.6. The largest absolute Gasteiger partial charge is 0.493 e. The van der Waals surface area contributed by atoms with Gasteiger partial charge in [-0.25, -0.2) is 0 Å². The van der Waals surface area contributed by atoms with Crippen molar-refractivity contribution in [2.24, 2.45) is 0 Å². The van der Waals surface area contributed by atoms with Gasteiger partial charge in [-0.2, -0.15) is 0 Å². The minimum atomic E-state index is -0.0351. The Hall–Kier alpha value is -1.59. The minimum Gasteiger partial charge on any atom is -0.493 e. The molecule has 0 aromatic heterocycles. The summed E-state index contributed by atoms with van der Waals surface area (Å²) >= 11 is 0. The molecule has 1 aromatic rings. The third kappa shape index (κ3) is 2.71. The Balaban J connectivity index is 1.33. The summed E-state index contributed by atoms with van der Waals surface area (Å²) in [6.07, 6.45) is 1.88. The Morgan fingerprint density at radius 2 is 1.95 bits per heavy atom. The van der Waals surface area contributed by atoms with E-state index >= 15 is 0 Å². The van der Waals surface area contributed by atoms with Crippen LogP contribution in [0, 0.1) is 0 Å². The second kappa shape index (κ2) is 5.89. The molecule has 0 radical (unpaired) electrons. The molecule has 5 heteroatoms. The van der Waals surface area contributed by atoms with Gasteiger partial charge in [0.05, 0.1) is 13.2 Å². The summed E-state index contributed by atoms with van der Waals surface area (Å²) in [4.78, 5) is 16.4. The fraction of sp³-hybridized carbons (Fsp3) is 0.588. The lowest BCUT2D eigenvalue weighted by Gasteiger charge is -2.36. The Kier molecular flexibility index (Phi) is 3.76. The summed E-state index contributed by atoms with van der Waals surface area (Å²) in [7, 11) is 0. The van der Waals surface area contributed by atoms with Crippen LogP contribution in [0.5, 0.6) is 5.75 Å². The molecule has 1 atom stereocenters. The van der Waals surface area contributed by atoms with Gasteiger partial charge in [-0.15, -0.1) is 0 Å². The quantitative estimate of drug-likeness (QED) is 0.781. The van der Waals surface area contributed by atoms with Crippen molar-refractivity contribution in [2.45, 2.75) is 25.4 Å². The van der Waals surface area contributed by atoms with Gasteiger partial charge in [-0.05, 0) is 17.2 Å². The molecule has 2 fully saturated rings. The number of benzene rings is 1. The first-order valence-corrected chi connectivity index (χ1v) is 8.17. The van der Waals surface area contributed by atoms with Crippen molar-refractivity contribution in [3.63, 3.8) is 0 Å². The highest BCUT2D eigenvalue weighted by molar-refractivity contribution is 5.77. The molecule has 0 aliphatic carbocycles. The van der Waals surface area contributed by atoms with E-state index in [2.05, 4.69) is 28.0 Å². The Morgan fingerprint density at radius 1 is 1.09 bits per heavy atom. The third-order valence-corrected chi connectivity index (χ3v) is 4.92. The fourth-order valence-electron chi connectivity index (χ4n) is 3.65. The molecule has 1 unspecified atom stereocenters. The Morgan fingerprint density at radius 3 is 2.73 bits per heavy atom. The number of carbonyl (C=O) groups excluding carboxylic acids is 1. The van der Waals surface area contributed by atoms with Crippen LogP contribution in [-0.2, 0) is 22.5 Å². The lowest BCUT2D eigenvalue weighted by Crippen LogP contribution is -2.51. The van der Waals surface area contributed by atoms with E-state index < -0.39 is 0 Å². The topological polar surface area (TPSA) is 42.0 Å². The first kappa shape index (κ1) is 14.0. The van der Waals surface area contributed by atoms with Crippen molar-refractivity contribution in [3.05, 3.63) is 29.3 Å². The average Bonchev–Trinajstić information content (AvgIpc) is 3.16. The number of piperazine rings is 1. The van der Waals surface area contributed by atoms with Crippen LogP contribution >= 0.6 is 0 Å². The van der Waals surface area contributed by atoms with Crippen molar-refractivity contribution in [1.82, 2.24) is 9.80 Å². The predicted octanol–water partition coefficient (Wildman–Crippen LogP) is 1.05. The summed E-state index contributed by atoms with van der Waals surface area (Å²) in [6.45, 7) is 6.31. The molecule has 22 heavy (non-hydrogen) atoms. The van der Waals surface area contributed by atoms with Crippen molar-refractivity contribution in [2.75, 3.05) is 39.4 Å². The molecule has 0 bridgehead atoms. The van der Waals surface area contributed by atoms with Crippen LogP contribution in [0.1, 0.15) is 17.5 Å². The Bertz CT molecular complexity index is 567. The summed E-state index contributed by atoms with van der Waals surface area (Å²) in [5, 5.41) is 0. The summed E-state index contributed by atoms with van der Waals surface area (Å²) in [5.74, 6) is 1.01. The van der Waals surface area contributed by atoms with E-state index in [-0.39, 0.29) is 12.0 Å². The van der Waals surface area contributed by atoms with Crippen LogP contribution in [0.4, 0.5) is 0 Å². The second-order valence-electron chi connectivity index (χ2n) is 6.32. The number of cyclic esters (lactones) is 1. The molecule has 0 amide bonds. The van der Waals surface area contributed by atoms with Crippen molar-refractivity contribution < 1.29 is 14.3 Å². The highest BCUT2D eigenvalue weighted by Crippen LogP contribution is 2.26. The molecule has 118 valence electrons. The molecular formula is C17H22N2O3. The van der Waals surface area contributed by atoms with Crippen LogP contribution in [0.2, 0.25) is 0 Å². The third-order valence-electron chi connectivity index (χ3n) is 4.92. The first-order chi connectivity index (χ1) is 10.8. The SMILES string of the molecule is O=C1OCCC1N1CCN(Cc2ccc3c(c2)CCO3)CC1. The molecule has 3 heterocycles. The van der Waals surface area contributed by atoms with Gasteiger partial charge in [0.1, 0.15) is 11.8 Å². The molecule has 0 spiro atoms. The lowest BCUT2D eigenvalue weighted by atomic mass is 10.1. The van der Waals surface area contributed by atoms with E-state index in [1.165, 1.54) is 11.1 Å². The van der Waals surface area contributed by atoms with Gasteiger partial charge in [0.25, 0.3) is 0 Å². The van der Waals surface area contributed by atoms with E-state index in [9.17, 15) is 4.79 Å². The number of carbonyl (C=O) groups is 1. The molecule has 5 nitrogen and oxygen atoms in total. The van der Waals surface area contributed by atoms with Gasteiger partial charge in [0.2, 0.25) is 0 Å². The van der Waals surface area contributed by atoms with E-state index in [4.69, 9.17) is 9.47 Å². The highest BCUT2D eigenvalue weighted by atomic mass is 16.5. The van der Waals surface area contributed by atoms with Crippen molar-refractivity contribution >= 4 is 5.97 Å². The zero-order valence-corrected chi connectivity index (χ0v) is 12.8. The van der Waals surface area contributed by atoms with E-state index in [1.54, 1.807) is 0 Å². The molecule has 0 saturated carbocycles. The first-order valence-electron chi connectivity index (χ1n) is 8.17. The van der Waals surface area contributed by atoms with Crippen LogP contribution in [0.3, 0.4) is 0 Å². The number of rotatable bonds is 3. The number of nitrogens with zero attached hydrogens (tertiary/aromatic N) is 2. The second-order valence-corrected chi connectivity index (χ2v) is 6.32. The highest BCUT2D eigenvalue weighted by Gasteiger charge is 2.33. The van der Waals surface area contributed by atoms with Gasteiger partial charge < -0.3 is 9.47 Å². The summed E-state index contributed by atoms with van der Waals surface area (Å²) in [5.41, 5.74) is 2.70. The van der Waals surface area contributed by atoms with Crippen molar-refractivity contribution in [1.29, 1.82) is 0 Å². The number of esters is 1. The number of ether oxygens (including phenoxy) is 2. The number of hydrogen-bond acceptors (Lipinski definition) is 5. The van der Waals surface area contributed by atoms with Gasteiger partial charge in [-0.3, -0.25) is 14.6 Å². The predicted molar refractivity (Wildman–Crippen MR) is 81.9 cm³/mol. The number of hydrogen-bond donors (Lipinski definition) is 0. The van der Waals surface area contributed by atoms with Crippen LogP contribution in [0.25, 0.3) is 0 Å².